The maximum Gasteiger partial charge on any atom is 0.0785 e. The van der Waals surface area contributed by atoms with E-state index in [1.807, 2.05) is 36.4 Å². The number of nitrogens with one attached hydrogen (secondary N) is 1. The third kappa shape index (κ3) is 4.47. The van der Waals surface area contributed by atoms with Crippen LogP contribution in [0.5, 0.6) is 0 Å². The lowest BCUT2D eigenvalue weighted by Crippen LogP contribution is -2.25. The highest BCUT2D eigenvalue weighted by molar-refractivity contribution is 5.18. The molecule has 3 heteroatoms. The zero-order valence-electron chi connectivity index (χ0n) is 9.60. The molecule has 0 amide bonds. The zero-order chi connectivity index (χ0) is 11.6. The number of hydrogen-bond donors (Lipinski definition) is 2. The lowest BCUT2D eigenvalue weighted by atomic mass is 10.1. The van der Waals surface area contributed by atoms with Crippen molar-refractivity contribution >= 4 is 0 Å². The fraction of sp³-hybridized carbons (Fsp3) is 0.385. The molecule has 0 spiro atoms. The first kappa shape index (κ1) is 12.7. The second kappa shape index (κ2) is 7.91. The van der Waals surface area contributed by atoms with Gasteiger partial charge in [-0.3, -0.25) is 0 Å². The van der Waals surface area contributed by atoms with Crippen LogP contribution in [-0.2, 0) is 4.74 Å². The van der Waals surface area contributed by atoms with E-state index in [2.05, 4.69) is 5.32 Å². The fourth-order valence-corrected chi connectivity index (χ4v) is 1.48. The van der Waals surface area contributed by atoms with Gasteiger partial charge in [0.05, 0.1) is 26.0 Å². The van der Waals surface area contributed by atoms with Crippen LogP contribution in [0.2, 0.25) is 0 Å². The molecule has 0 heterocycles. The van der Waals surface area contributed by atoms with Crippen molar-refractivity contribution in [2.45, 2.75) is 12.5 Å². The first-order valence-electron chi connectivity index (χ1n) is 5.45. The molecule has 0 saturated heterocycles. The second-order valence-corrected chi connectivity index (χ2v) is 3.50. The van der Waals surface area contributed by atoms with Crippen LogP contribution < -0.4 is 5.32 Å². The molecule has 88 valence electrons. The second-order valence-electron chi connectivity index (χ2n) is 3.50. The molecule has 0 saturated carbocycles. The lowest BCUT2D eigenvalue weighted by molar-refractivity contribution is 0.245. The molecule has 1 aromatic rings. The van der Waals surface area contributed by atoms with Crippen LogP contribution in [-0.4, -0.2) is 25.4 Å². The summed E-state index contributed by atoms with van der Waals surface area (Å²) in [6.07, 6.45) is 4.50. The maximum absolute atomic E-state index is 9.28. The molecular weight excluding hydrogens is 202 g/mol. The van der Waals surface area contributed by atoms with Crippen LogP contribution in [0.1, 0.15) is 18.0 Å². The summed E-state index contributed by atoms with van der Waals surface area (Å²) in [6.45, 7) is 0.929. The van der Waals surface area contributed by atoms with E-state index in [1.165, 1.54) is 0 Å². The maximum atomic E-state index is 9.28. The van der Waals surface area contributed by atoms with E-state index in [4.69, 9.17) is 4.74 Å². The SMILES string of the molecule is COC=CCCN[C@H](CO)c1ccccc1. The van der Waals surface area contributed by atoms with Crippen LogP contribution in [0.4, 0.5) is 0 Å². The average Bonchev–Trinajstić information content (AvgIpc) is 2.35. The Morgan fingerprint density at radius 3 is 2.75 bits per heavy atom. The highest BCUT2D eigenvalue weighted by Crippen LogP contribution is 2.11. The van der Waals surface area contributed by atoms with Crippen molar-refractivity contribution in [3.05, 3.63) is 48.2 Å². The number of hydrogen-bond acceptors (Lipinski definition) is 3. The van der Waals surface area contributed by atoms with Gasteiger partial charge in [0.25, 0.3) is 0 Å². The highest BCUT2D eigenvalue weighted by Gasteiger charge is 2.07. The Hall–Kier alpha value is -1.32. The quantitative estimate of drug-likeness (QED) is 0.545. The van der Waals surface area contributed by atoms with Gasteiger partial charge in [0.15, 0.2) is 0 Å². The van der Waals surface area contributed by atoms with Gasteiger partial charge >= 0.3 is 0 Å². The zero-order valence-corrected chi connectivity index (χ0v) is 9.60. The van der Waals surface area contributed by atoms with E-state index >= 15 is 0 Å². The van der Waals surface area contributed by atoms with Gasteiger partial charge in [-0.05, 0) is 24.6 Å². The summed E-state index contributed by atoms with van der Waals surface area (Å²) in [6, 6.07) is 9.96. The van der Waals surface area contributed by atoms with Crippen LogP contribution in [0, 0.1) is 0 Å². The number of methoxy groups -OCH3 is 1. The summed E-state index contributed by atoms with van der Waals surface area (Å²) in [7, 11) is 1.63. The van der Waals surface area contributed by atoms with Crippen molar-refractivity contribution in [1.29, 1.82) is 0 Å². The van der Waals surface area contributed by atoms with E-state index in [-0.39, 0.29) is 12.6 Å². The molecule has 3 nitrogen and oxygen atoms in total. The number of ether oxygens (including phenoxy) is 1. The minimum absolute atomic E-state index is 0.0112. The van der Waals surface area contributed by atoms with Gasteiger partial charge in [0.2, 0.25) is 0 Å². The summed E-state index contributed by atoms with van der Waals surface area (Å²) in [5.74, 6) is 0. The summed E-state index contributed by atoms with van der Waals surface area (Å²) >= 11 is 0. The predicted octanol–water partition coefficient (Wildman–Crippen LogP) is 1.86. The Bertz CT molecular complexity index is 298. The third-order valence-electron chi connectivity index (χ3n) is 2.32. The average molecular weight is 221 g/mol. The van der Waals surface area contributed by atoms with Gasteiger partial charge in [-0.25, -0.2) is 0 Å². The Morgan fingerprint density at radius 1 is 1.38 bits per heavy atom. The van der Waals surface area contributed by atoms with Gasteiger partial charge in [-0.15, -0.1) is 0 Å². The number of benzene rings is 1. The minimum Gasteiger partial charge on any atom is -0.505 e. The molecule has 0 aliphatic carbocycles. The smallest absolute Gasteiger partial charge is 0.0785 e. The normalized spacial score (nSPS) is 12.9. The summed E-state index contributed by atoms with van der Waals surface area (Å²) < 4.78 is 4.80. The van der Waals surface area contributed by atoms with Gasteiger partial charge in [-0.2, -0.15) is 0 Å². The van der Waals surface area contributed by atoms with Crippen LogP contribution >= 0.6 is 0 Å². The number of aliphatic hydroxyl groups excluding tert-OH is 1. The molecule has 0 fully saturated rings. The largest absolute Gasteiger partial charge is 0.505 e. The van der Waals surface area contributed by atoms with E-state index < -0.39 is 0 Å². The Balaban J connectivity index is 2.35. The monoisotopic (exact) mass is 221 g/mol. The first-order chi connectivity index (χ1) is 7.88. The molecule has 16 heavy (non-hydrogen) atoms. The molecule has 1 rings (SSSR count). The number of rotatable bonds is 7. The summed E-state index contributed by atoms with van der Waals surface area (Å²) in [4.78, 5) is 0. The van der Waals surface area contributed by atoms with E-state index in [9.17, 15) is 5.11 Å². The minimum atomic E-state index is 0.0112. The third-order valence-corrected chi connectivity index (χ3v) is 2.32. The fourth-order valence-electron chi connectivity index (χ4n) is 1.48. The van der Waals surface area contributed by atoms with Gasteiger partial charge < -0.3 is 15.2 Å². The Labute approximate surface area is 96.8 Å². The van der Waals surface area contributed by atoms with Crippen LogP contribution in [0.25, 0.3) is 0 Å². The Kier molecular flexibility index (Phi) is 6.30. The predicted molar refractivity (Wildman–Crippen MR) is 65.0 cm³/mol. The first-order valence-corrected chi connectivity index (χ1v) is 5.45. The highest BCUT2D eigenvalue weighted by atomic mass is 16.5. The van der Waals surface area contributed by atoms with Gasteiger partial charge in [-0.1, -0.05) is 30.3 Å². The van der Waals surface area contributed by atoms with Crippen LogP contribution in [0.15, 0.2) is 42.7 Å². The van der Waals surface area contributed by atoms with Gasteiger partial charge in [0, 0.05) is 0 Å². The molecule has 2 N–H and O–H groups in total. The van der Waals surface area contributed by atoms with Crippen molar-refractivity contribution in [2.75, 3.05) is 20.3 Å². The Morgan fingerprint density at radius 2 is 2.12 bits per heavy atom. The van der Waals surface area contributed by atoms with E-state index in [1.54, 1.807) is 13.4 Å². The van der Waals surface area contributed by atoms with Crippen molar-refractivity contribution in [3.63, 3.8) is 0 Å². The lowest BCUT2D eigenvalue weighted by Gasteiger charge is -2.15. The molecule has 0 bridgehead atoms. The van der Waals surface area contributed by atoms with Gasteiger partial charge in [0.1, 0.15) is 0 Å². The van der Waals surface area contributed by atoms with Crippen molar-refractivity contribution < 1.29 is 9.84 Å². The topological polar surface area (TPSA) is 41.5 Å². The molecule has 0 aliphatic rings. The molecular formula is C13H19NO2. The standard InChI is InChI=1S/C13H19NO2/c1-16-10-6-5-9-14-13(11-15)12-7-3-2-4-8-12/h2-4,6-8,10,13-15H,5,9,11H2,1H3/t13-/m1/s1. The van der Waals surface area contributed by atoms with Crippen molar-refractivity contribution in [2.24, 2.45) is 0 Å². The van der Waals surface area contributed by atoms with Crippen molar-refractivity contribution in [3.8, 4) is 0 Å². The van der Waals surface area contributed by atoms with E-state index in [0.717, 1.165) is 18.5 Å². The number of aliphatic hydroxyl groups is 1. The molecule has 0 unspecified atom stereocenters. The summed E-state index contributed by atoms with van der Waals surface area (Å²) in [5, 5.41) is 12.6. The van der Waals surface area contributed by atoms with E-state index in [0.29, 0.717) is 0 Å². The van der Waals surface area contributed by atoms with Crippen LogP contribution in [0.3, 0.4) is 0 Å². The molecule has 0 aliphatic heterocycles. The molecule has 0 radical (unpaired) electrons. The molecule has 1 aromatic carbocycles. The molecule has 1 atom stereocenters. The summed E-state index contributed by atoms with van der Waals surface area (Å²) in [5.41, 5.74) is 1.11. The molecule has 0 aromatic heterocycles. The van der Waals surface area contributed by atoms with Crippen molar-refractivity contribution in [1.82, 2.24) is 5.32 Å².